The maximum Gasteiger partial charge on any atom is 0.228 e. The monoisotopic (exact) mass is 260 g/mol. The van der Waals surface area contributed by atoms with E-state index in [0.717, 1.165) is 38.2 Å². The predicted octanol–water partition coefficient (Wildman–Crippen LogP) is 1.41. The van der Waals surface area contributed by atoms with Crippen LogP contribution in [-0.2, 0) is 11.3 Å². The quantitative estimate of drug-likeness (QED) is 0.870. The molecule has 0 unspecified atom stereocenters. The van der Waals surface area contributed by atoms with E-state index in [0.29, 0.717) is 11.9 Å². The average Bonchev–Trinajstić information content (AvgIpc) is 3.18. The molecule has 1 aliphatic carbocycles. The van der Waals surface area contributed by atoms with Crippen LogP contribution >= 0.6 is 0 Å². The Hall–Kier alpha value is -1.55. The van der Waals surface area contributed by atoms with Crippen LogP contribution in [0.3, 0.4) is 0 Å². The fourth-order valence-electron chi connectivity index (χ4n) is 2.40. The molecule has 1 saturated heterocycles. The second-order valence-electron chi connectivity index (χ2n) is 5.40. The number of amides is 1. The molecule has 1 N–H and O–H groups in total. The Bertz CT molecular complexity index is 450. The number of hydrogen-bond acceptors (Lipinski definition) is 3. The SMILES string of the molecule is COc1ccc(CN(C(=O)C2CNC2)C2CC2)cc1. The van der Waals surface area contributed by atoms with Gasteiger partial charge in [0.1, 0.15) is 5.75 Å². The lowest BCUT2D eigenvalue weighted by Crippen LogP contribution is -2.52. The van der Waals surface area contributed by atoms with E-state index in [1.807, 2.05) is 24.3 Å². The molecule has 2 aliphatic rings. The minimum atomic E-state index is 0.193. The number of hydrogen-bond donors (Lipinski definition) is 1. The molecular formula is C15H20N2O2. The molecule has 0 bridgehead atoms. The van der Waals surface area contributed by atoms with Crippen LogP contribution in [-0.4, -0.2) is 37.0 Å². The summed E-state index contributed by atoms with van der Waals surface area (Å²) in [5.41, 5.74) is 1.17. The first-order chi connectivity index (χ1) is 9.28. The van der Waals surface area contributed by atoms with E-state index in [9.17, 15) is 4.79 Å². The standard InChI is InChI=1S/C15H20N2O2/c1-19-14-6-2-11(3-7-14)10-17(13-4-5-13)15(18)12-8-16-9-12/h2-3,6-7,12-13,16H,4-5,8-10H2,1H3. The van der Waals surface area contributed by atoms with Crippen LogP contribution in [0.5, 0.6) is 5.75 Å². The van der Waals surface area contributed by atoms with Gasteiger partial charge in [0.2, 0.25) is 5.91 Å². The first-order valence-corrected chi connectivity index (χ1v) is 6.92. The molecule has 4 nitrogen and oxygen atoms in total. The third kappa shape index (κ3) is 2.73. The number of ether oxygens (including phenoxy) is 1. The maximum atomic E-state index is 12.4. The lowest BCUT2D eigenvalue weighted by Gasteiger charge is -2.32. The lowest BCUT2D eigenvalue weighted by atomic mass is 10.0. The van der Waals surface area contributed by atoms with Crippen molar-refractivity contribution in [1.29, 1.82) is 0 Å². The molecule has 1 heterocycles. The molecule has 2 fully saturated rings. The van der Waals surface area contributed by atoms with Gasteiger partial charge < -0.3 is 15.0 Å². The number of carbonyl (C=O) groups excluding carboxylic acids is 1. The Balaban J connectivity index is 1.68. The molecule has 3 rings (SSSR count). The van der Waals surface area contributed by atoms with Gasteiger partial charge in [-0.15, -0.1) is 0 Å². The number of benzene rings is 1. The van der Waals surface area contributed by atoms with E-state index in [1.54, 1.807) is 7.11 Å². The van der Waals surface area contributed by atoms with E-state index in [1.165, 1.54) is 5.56 Å². The van der Waals surface area contributed by atoms with Gasteiger partial charge in [0.05, 0.1) is 13.0 Å². The maximum absolute atomic E-state index is 12.4. The highest BCUT2D eigenvalue weighted by molar-refractivity contribution is 5.80. The van der Waals surface area contributed by atoms with Crippen molar-refractivity contribution in [3.8, 4) is 5.75 Å². The Morgan fingerprint density at radius 1 is 1.32 bits per heavy atom. The van der Waals surface area contributed by atoms with Crippen molar-refractivity contribution in [3.05, 3.63) is 29.8 Å². The first kappa shape index (κ1) is 12.5. The molecule has 4 heteroatoms. The van der Waals surface area contributed by atoms with Crippen LogP contribution in [0, 0.1) is 5.92 Å². The second-order valence-corrected chi connectivity index (χ2v) is 5.40. The van der Waals surface area contributed by atoms with E-state index in [4.69, 9.17) is 4.74 Å². The number of carbonyl (C=O) groups is 1. The van der Waals surface area contributed by atoms with Gasteiger partial charge in [-0.3, -0.25) is 4.79 Å². The van der Waals surface area contributed by atoms with E-state index in [2.05, 4.69) is 10.2 Å². The lowest BCUT2D eigenvalue weighted by molar-refractivity contribution is -0.138. The van der Waals surface area contributed by atoms with Crippen LogP contribution in [0.4, 0.5) is 0 Å². The molecule has 0 atom stereocenters. The van der Waals surface area contributed by atoms with Crippen LogP contribution in [0.1, 0.15) is 18.4 Å². The fourth-order valence-corrected chi connectivity index (χ4v) is 2.40. The van der Waals surface area contributed by atoms with Gasteiger partial charge in [0.25, 0.3) is 0 Å². The summed E-state index contributed by atoms with van der Waals surface area (Å²) in [4.78, 5) is 14.5. The average molecular weight is 260 g/mol. The normalized spacial score (nSPS) is 18.8. The topological polar surface area (TPSA) is 41.6 Å². The molecule has 0 radical (unpaired) electrons. The molecule has 1 amide bonds. The van der Waals surface area contributed by atoms with Crippen LogP contribution in [0.15, 0.2) is 24.3 Å². The Kier molecular flexibility index (Phi) is 3.42. The van der Waals surface area contributed by atoms with Crippen LogP contribution in [0.25, 0.3) is 0 Å². The minimum absolute atomic E-state index is 0.193. The van der Waals surface area contributed by atoms with Gasteiger partial charge in [-0.2, -0.15) is 0 Å². The van der Waals surface area contributed by atoms with E-state index >= 15 is 0 Å². The predicted molar refractivity (Wildman–Crippen MR) is 72.9 cm³/mol. The second kappa shape index (κ2) is 5.21. The molecule has 1 aromatic rings. The Labute approximate surface area is 113 Å². The van der Waals surface area contributed by atoms with Gasteiger partial charge in [0, 0.05) is 25.7 Å². The number of methoxy groups -OCH3 is 1. The minimum Gasteiger partial charge on any atom is -0.497 e. The fraction of sp³-hybridized carbons (Fsp3) is 0.533. The van der Waals surface area contributed by atoms with Crippen molar-refractivity contribution in [3.63, 3.8) is 0 Å². The summed E-state index contributed by atoms with van der Waals surface area (Å²) in [6, 6.07) is 8.46. The summed E-state index contributed by atoms with van der Waals surface area (Å²) in [6.07, 6.45) is 2.31. The van der Waals surface area contributed by atoms with Crippen molar-refractivity contribution in [2.24, 2.45) is 5.92 Å². The third-order valence-electron chi connectivity index (χ3n) is 3.91. The van der Waals surface area contributed by atoms with Crippen molar-refractivity contribution in [2.75, 3.05) is 20.2 Å². The summed E-state index contributed by atoms with van der Waals surface area (Å²) in [7, 11) is 1.67. The van der Waals surface area contributed by atoms with Crippen LogP contribution in [0.2, 0.25) is 0 Å². The first-order valence-electron chi connectivity index (χ1n) is 6.92. The molecule has 1 aliphatic heterocycles. The van der Waals surface area contributed by atoms with Crippen LogP contribution < -0.4 is 10.1 Å². The Morgan fingerprint density at radius 2 is 2.00 bits per heavy atom. The highest BCUT2D eigenvalue weighted by atomic mass is 16.5. The largest absolute Gasteiger partial charge is 0.497 e. The van der Waals surface area contributed by atoms with Gasteiger partial charge in [-0.05, 0) is 30.5 Å². The summed E-state index contributed by atoms with van der Waals surface area (Å²) < 4.78 is 5.16. The molecule has 1 saturated carbocycles. The Morgan fingerprint density at radius 3 is 2.47 bits per heavy atom. The molecule has 0 spiro atoms. The van der Waals surface area contributed by atoms with E-state index in [-0.39, 0.29) is 5.92 Å². The smallest absolute Gasteiger partial charge is 0.228 e. The summed E-state index contributed by atoms with van der Waals surface area (Å²) >= 11 is 0. The molecule has 102 valence electrons. The zero-order chi connectivity index (χ0) is 13.2. The third-order valence-corrected chi connectivity index (χ3v) is 3.91. The highest BCUT2D eigenvalue weighted by Gasteiger charge is 2.37. The number of nitrogens with zero attached hydrogens (tertiary/aromatic N) is 1. The molecule has 0 aromatic heterocycles. The number of nitrogens with one attached hydrogen (secondary N) is 1. The van der Waals surface area contributed by atoms with Crippen molar-refractivity contribution >= 4 is 5.91 Å². The summed E-state index contributed by atoms with van der Waals surface area (Å²) in [5, 5.41) is 3.17. The summed E-state index contributed by atoms with van der Waals surface area (Å²) in [6.45, 7) is 2.40. The van der Waals surface area contributed by atoms with Crippen molar-refractivity contribution in [2.45, 2.75) is 25.4 Å². The molecular weight excluding hydrogens is 240 g/mol. The summed E-state index contributed by atoms with van der Waals surface area (Å²) in [5.74, 6) is 1.37. The van der Waals surface area contributed by atoms with Crippen molar-refractivity contribution < 1.29 is 9.53 Å². The van der Waals surface area contributed by atoms with Gasteiger partial charge in [-0.1, -0.05) is 12.1 Å². The van der Waals surface area contributed by atoms with Gasteiger partial charge >= 0.3 is 0 Å². The number of rotatable bonds is 5. The molecule has 19 heavy (non-hydrogen) atoms. The molecule has 1 aromatic carbocycles. The van der Waals surface area contributed by atoms with Gasteiger partial charge in [-0.25, -0.2) is 0 Å². The van der Waals surface area contributed by atoms with Gasteiger partial charge in [0.15, 0.2) is 0 Å². The highest BCUT2D eigenvalue weighted by Crippen LogP contribution is 2.30. The zero-order valence-corrected chi connectivity index (χ0v) is 11.3. The van der Waals surface area contributed by atoms with E-state index < -0.39 is 0 Å². The van der Waals surface area contributed by atoms with Crippen molar-refractivity contribution in [1.82, 2.24) is 10.2 Å². The zero-order valence-electron chi connectivity index (χ0n) is 11.3.